The van der Waals surface area contributed by atoms with Crippen LogP contribution in [-0.4, -0.2) is 12.2 Å². The summed E-state index contributed by atoms with van der Waals surface area (Å²) in [5.74, 6) is 3.77. The molecule has 42 heavy (non-hydrogen) atoms. The fourth-order valence-corrected chi connectivity index (χ4v) is 11.8. The van der Waals surface area contributed by atoms with Crippen LogP contribution in [0.1, 0.15) is 80.1 Å². The van der Waals surface area contributed by atoms with E-state index in [4.69, 9.17) is 9.05 Å². The molecule has 4 heteroatoms. The van der Waals surface area contributed by atoms with E-state index in [9.17, 15) is 0 Å². The highest BCUT2D eigenvalue weighted by molar-refractivity contribution is 7.81. The third kappa shape index (κ3) is 7.74. The molecule has 0 amide bonds. The largest absolute Gasteiger partial charge is 0.327 e. The minimum atomic E-state index is -1.26. The van der Waals surface area contributed by atoms with Crippen molar-refractivity contribution in [1.29, 1.82) is 0 Å². The molecule has 2 nitrogen and oxygen atoms in total. The van der Waals surface area contributed by atoms with E-state index < -0.39 is 16.3 Å². The van der Waals surface area contributed by atoms with Gasteiger partial charge in [0.2, 0.25) is 8.38 Å². The zero-order valence-corrected chi connectivity index (χ0v) is 28.4. The molecule has 2 saturated carbocycles. The summed E-state index contributed by atoms with van der Waals surface area (Å²) in [5.41, 5.74) is 0. The van der Waals surface area contributed by atoms with E-state index in [2.05, 4.69) is 126 Å². The van der Waals surface area contributed by atoms with Crippen molar-refractivity contribution in [1.82, 2.24) is 0 Å². The first-order valence-corrected chi connectivity index (χ1v) is 19.0. The quantitative estimate of drug-likeness (QED) is 0.215. The lowest BCUT2D eigenvalue weighted by Crippen LogP contribution is -2.39. The van der Waals surface area contributed by atoms with Crippen LogP contribution in [0.2, 0.25) is 0 Å². The van der Waals surface area contributed by atoms with Gasteiger partial charge in [0, 0.05) is 5.30 Å². The van der Waals surface area contributed by atoms with Crippen molar-refractivity contribution < 1.29 is 9.05 Å². The molecule has 6 atom stereocenters. The molecule has 0 radical (unpaired) electrons. The van der Waals surface area contributed by atoms with Crippen LogP contribution in [0.15, 0.2) is 84.9 Å². The summed E-state index contributed by atoms with van der Waals surface area (Å²) >= 11 is 0. The molecule has 2 aliphatic carbocycles. The molecule has 3 aromatic rings. The van der Waals surface area contributed by atoms with Gasteiger partial charge < -0.3 is 9.05 Å². The van der Waals surface area contributed by atoms with Crippen LogP contribution in [0.5, 0.6) is 0 Å². The molecular formula is C38H52O2P2. The summed E-state index contributed by atoms with van der Waals surface area (Å²) in [4.78, 5) is 0. The molecule has 0 spiro atoms. The van der Waals surface area contributed by atoms with Gasteiger partial charge in [-0.2, -0.15) is 0 Å². The van der Waals surface area contributed by atoms with E-state index >= 15 is 0 Å². The number of hydrogen-bond donors (Lipinski definition) is 0. The molecule has 5 rings (SSSR count). The summed E-state index contributed by atoms with van der Waals surface area (Å²) in [6.07, 6.45) is 7.87. The first kappa shape index (κ1) is 31.9. The van der Waals surface area contributed by atoms with Gasteiger partial charge in [-0.05, 0) is 91.1 Å². The smallest absolute Gasteiger partial charge is 0.206 e. The van der Waals surface area contributed by atoms with E-state index in [1.165, 1.54) is 46.9 Å². The maximum Gasteiger partial charge on any atom is 0.206 e. The van der Waals surface area contributed by atoms with E-state index in [1.807, 2.05) is 0 Å². The lowest BCUT2D eigenvalue weighted by atomic mass is 9.75. The fraction of sp³-hybridized carbons (Fsp3) is 0.526. The highest BCUT2D eigenvalue weighted by Gasteiger charge is 2.39. The second-order valence-corrected chi connectivity index (χ2v) is 17.3. The molecule has 226 valence electrons. The van der Waals surface area contributed by atoms with Crippen LogP contribution in [0.4, 0.5) is 0 Å². The SMILES string of the molecule is CC(C)[C@H]1CC[C@H](C)C[C@@H]1OP(O[C@H]1C[C@@H](C)CC[C@@H]1C(C)C)c1ccccc1P(c1ccccc1)c1ccccc1. The normalized spacial score (nSPS) is 26.8. The van der Waals surface area contributed by atoms with Crippen LogP contribution < -0.4 is 21.2 Å². The summed E-state index contributed by atoms with van der Waals surface area (Å²) in [6.45, 7) is 14.4. The average molecular weight is 603 g/mol. The standard InChI is InChI=1S/C38H52O2P2/c1-27(2)33-23-21-29(5)25-35(33)39-42(40-36-26-30(6)22-24-34(36)28(3)4)38-20-14-13-19-37(38)41(31-15-9-7-10-16-31)32-17-11-8-12-18-32/h7-20,27-30,33-36H,21-26H2,1-6H3/t29-,30-,33+,34+,35-,36-/m0/s1. The Hall–Kier alpha value is -1.56. The second kappa shape index (κ2) is 14.9. The molecule has 0 unspecified atom stereocenters. The van der Waals surface area contributed by atoms with Crippen molar-refractivity contribution in [3.63, 3.8) is 0 Å². The van der Waals surface area contributed by atoms with Crippen LogP contribution >= 0.6 is 16.3 Å². The maximum absolute atomic E-state index is 7.40. The van der Waals surface area contributed by atoms with Crippen molar-refractivity contribution in [3.8, 4) is 0 Å². The zero-order chi connectivity index (χ0) is 29.6. The highest BCUT2D eigenvalue weighted by Crippen LogP contribution is 2.51. The molecule has 0 heterocycles. The molecule has 2 fully saturated rings. The molecule has 0 aliphatic heterocycles. The minimum absolute atomic E-state index is 0.242. The van der Waals surface area contributed by atoms with Gasteiger partial charge in [-0.1, -0.05) is 133 Å². The number of rotatable bonds is 10. The molecule has 2 aliphatic rings. The van der Waals surface area contributed by atoms with E-state index in [0.717, 1.165) is 12.8 Å². The van der Waals surface area contributed by atoms with E-state index in [1.54, 1.807) is 0 Å². The first-order valence-electron chi connectivity index (χ1n) is 16.4. The van der Waals surface area contributed by atoms with Gasteiger partial charge in [0.05, 0.1) is 12.2 Å². The third-order valence-electron chi connectivity index (χ3n) is 9.73. The van der Waals surface area contributed by atoms with Crippen molar-refractivity contribution in [2.75, 3.05) is 0 Å². The third-order valence-corrected chi connectivity index (χ3v) is 14.1. The Morgan fingerprint density at radius 3 is 1.38 bits per heavy atom. The first-order chi connectivity index (χ1) is 20.3. The number of hydrogen-bond acceptors (Lipinski definition) is 2. The highest BCUT2D eigenvalue weighted by atomic mass is 31.2. The number of benzene rings is 3. The predicted octanol–water partition coefficient (Wildman–Crippen LogP) is 9.34. The molecule has 0 bridgehead atoms. The molecule has 0 aromatic heterocycles. The molecule has 0 N–H and O–H groups in total. The Morgan fingerprint density at radius 2 is 0.952 bits per heavy atom. The van der Waals surface area contributed by atoms with Crippen LogP contribution in [-0.2, 0) is 9.05 Å². The maximum atomic E-state index is 7.40. The summed E-state index contributed by atoms with van der Waals surface area (Å²) < 4.78 is 14.8. The Balaban J connectivity index is 1.59. The van der Waals surface area contributed by atoms with Crippen LogP contribution in [0.3, 0.4) is 0 Å². The lowest BCUT2D eigenvalue weighted by Gasteiger charge is -2.42. The average Bonchev–Trinajstić information content (AvgIpc) is 2.98. The second-order valence-electron chi connectivity index (χ2n) is 13.7. The summed E-state index contributed by atoms with van der Waals surface area (Å²) in [7, 11) is -2.01. The van der Waals surface area contributed by atoms with Gasteiger partial charge in [0.1, 0.15) is 0 Å². The Labute approximate surface area is 258 Å². The van der Waals surface area contributed by atoms with Gasteiger partial charge in [-0.25, -0.2) is 0 Å². The van der Waals surface area contributed by atoms with E-state index in [-0.39, 0.29) is 12.2 Å². The van der Waals surface area contributed by atoms with E-state index in [0.29, 0.717) is 35.5 Å². The Bertz CT molecular complexity index is 1160. The van der Waals surface area contributed by atoms with Crippen LogP contribution in [0, 0.1) is 35.5 Å². The van der Waals surface area contributed by atoms with Gasteiger partial charge >= 0.3 is 0 Å². The van der Waals surface area contributed by atoms with Gasteiger partial charge in [0.25, 0.3) is 0 Å². The van der Waals surface area contributed by atoms with Crippen molar-refractivity contribution in [2.45, 2.75) is 92.3 Å². The van der Waals surface area contributed by atoms with Crippen molar-refractivity contribution in [3.05, 3.63) is 84.9 Å². The van der Waals surface area contributed by atoms with Gasteiger partial charge in [-0.3, -0.25) is 0 Å². The zero-order valence-electron chi connectivity index (χ0n) is 26.7. The van der Waals surface area contributed by atoms with Gasteiger partial charge in [0.15, 0.2) is 0 Å². The monoisotopic (exact) mass is 602 g/mol. The Morgan fingerprint density at radius 1 is 0.548 bits per heavy atom. The lowest BCUT2D eigenvalue weighted by molar-refractivity contribution is 0.0131. The van der Waals surface area contributed by atoms with Gasteiger partial charge in [-0.15, -0.1) is 0 Å². The van der Waals surface area contributed by atoms with Crippen molar-refractivity contribution in [2.24, 2.45) is 35.5 Å². The summed E-state index contributed by atoms with van der Waals surface area (Å²) in [6, 6.07) is 31.3. The molecule has 0 saturated heterocycles. The van der Waals surface area contributed by atoms with Crippen molar-refractivity contribution >= 4 is 37.5 Å². The minimum Gasteiger partial charge on any atom is -0.327 e. The molecular weight excluding hydrogens is 550 g/mol. The van der Waals surface area contributed by atoms with Crippen LogP contribution in [0.25, 0.3) is 0 Å². The Kier molecular flexibility index (Phi) is 11.3. The fourth-order valence-electron chi connectivity index (χ4n) is 7.25. The predicted molar refractivity (Wildman–Crippen MR) is 184 cm³/mol. The molecule has 3 aromatic carbocycles. The summed E-state index contributed by atoms with van der Waals surface area (Å²) in [5, 5.41) is 5.41. The topological polar surface area (TPSA) is 18.5 Å².